The van der Waals surface area contributed by atoms with Gasteiger partial charge in [0.15, 0.2) is 5.82 Å². The Morgan fingerprint density at radius 2 is 2.19 bits per heavy atom. The van der Waals surface area contributed by atoms with Crippen molar-refractivity contribution in [3.63, 3.8) is 0 Å². The van der Waals surface area contributed by atoms with Gasteiger partial charge in [0.05, 0.1) is 10.5 Å². The molecule has 1 aromatic carbocycles. The van der Waals surface area contributed by atoms with Crippen molar-refractivity contribution in [2.24, 2.45) is 0 Å². The molecule has 0 saturated heterocycles. The van der Waals surface area contributed by atoms with Crippen LogP contribution in [0.5, 0.6) is 0 Å². The van der Waals surface area contributed by atoms with Crippen molar-refractivity contribution in [1.82, 2.24) is 15.1 Å². The molecule has 3 rings (SSSR count). The smallest absolute Gasteiger partial charge is 0.252 e. The molecule has 0 aliphatic heterocycles. The van der Waals surface area contributed by atoms with E-state index in [2.05, 4.69) is 15.1 Å². The lowest BCUT2D eigenvalue weighted by atomic mass is 10.1. The molecule has 0 bridgehead atoms. The molecule has 3 aromatic rings. The van der Waals surface area contributed by atoms with Crippen LogP contribution in [0, 0.1) is 0 Å². The van der Waals surface area contributed by atoms with E-state index in [9.17, 15) is 0 Å². The van der Waals surface area contributed by atoms with E-state index >= 15 is 0 Å². The second kappa shape index (κ2) is 6.20. The minimum atomic E-state index is 0.348. The molecule has 0 radical (unpaired) electrons. The number of ether oxygens (including phenoxy) is 1. The van der Waals surface area contributed by atoms with Crippen molar-refractivity contribution >= 4 is 22.5 Å². The van der Waals surface area contributed by atoms with Gasteiger partial charge < -0.3 is 9.26 Å². The van der Waals surface area contributed by atoms with Crippen LogP contribution in [0.4, 0.5) is 0 Å². The Labute approximate surface area is 126 Å². The summed E-state index contributed by atoms with van der Waals surface area (Å²) in [6, 6.07) is 7.89. The van der Waals surface area contributed by atoms with Crippen molar-refractivity contribution in [1.29, 1.82) is 0 Å². The molecule has 0 N–H and O–H groups in total. The predicted molar refractivity (Wildman–Crippen MR) is 79.2 cm³/mol. The Hall–Kier alpha value is -1.98. The van der Waals surface area contributed by atoms with E-state index in [1.807, 2.05) is 31.2 Å². The first-order valence-electron chi connectivity index (χ1n) is 6.68. The summed E-state index contributed by atoms with van der Waals surface area (Å²) >= 11 is 5.97. The van der Waals surface area contributed by atoms with Crippen LogP contribution in [0.25, 0.3) is 10.9 Å². The zero-order chi connectivity index (χ0) is 14.7. The Morgan fingerprint density at radius 3 is 3.05 bits per heavy atom. The quantitative estimate of drug-likeness (QED) is 0.723. The first kappa shape index (κ1) is 14.0. The summed E-state index contributed by atoms with van der Waals surface area (Å²) in [5.74, 6) is 1.14. The van der Waals surface area contributed by atoms with Crippen LogP contribution in [0.2, 0.25) is 5.02 Å². The zero-order valence-corrected chi connectivity index (χ0v) is 12.3. The third kappa shape index (κ3) is 3.37. The second-order valence-corrected chi connectivity index (χ2v) is 5.04. The van der Waals surface area contributed by atoms with E-state index in [0.29, 0.717) is 36.4 Å². The number of fused-ring (bicyclic) bond motifs is 1. The fourth-order valence-corrected chi connectivity index (χ4v) is 2.22. The van der Waals surface area contributed by atoms with E-state index in [1.165, 1.54) is 0 Å². The molecule has 2 aromatic heterocycles. The van der Waals surface area contributed by atoms with Crippen LogP contribution in [-0.4, -0.2) is 21.7 Å². The van der Waals surface area contributed by atoms with Gasteiger partial charge >= 0.3 is 0 Å². The molecule has 108 valence electrons. The van der Waals surface area contributed by atoms with Gasteiger partial charge in [0.1, 0.15) is 6.61 Å². The maximum atomic E-state index is 5.97. The van der Waals surface area contributed by atoms with Crippen molar-refractivity contribution in [3.8, 4) is 0 Å². The van der Waals surface area contributed by atoms with Crippen LogP contribution in [-0.2, 0) is 17.8 Å². The van der Waals surface area contributed by atoms with Crippen molar-refractivity contribution in [3.05, 3.63) is 52.8 Å². The van der Waals surface area contributed by atoms with Gasteiger partial charge in [-0.3, -0.25) is 4.98 Å². The lowest BCUT2D eigenvalue weighted by Crippen LogP contribution is -1.94. The number of rotatable bonds is 5. The molecule has 6 heteroatoms. The highest BCUT2D eigenvalue weighted by Gasteiger charge is 2.08. The minimum absolute atomic E-state index is 0.348. The van der Waals surface area contributed by atoms with Crippen molar-refractivity contribution in [2.75, 3.05) is 6.61 Å². The molecule has 0 amide bonds. The highest BCUT2D eigenvalue weighted by atomic mass is 35.5. The van der Waals surface area contributed by atoms with Crippen LogP contribution in [0.15, 0.2) is 35.0 Å². The molecule has 21 heavy (non-hydrogen) atoms. The standard InChI is InChI=1S/C15H14ClN3O2/c1-2-20-9-15-18-14(19-21-15)6-10-3-4-13-11(5-10)7-12(16)8-17-13/h3-5,7-8H,2,6,9H2,1H3. The van der Waals surface area contributed by atoms with Gasteiger partial charge in [0.25, 0.3) is 5.89 Å². The minimum Gasteiger partial charge on any atom is -0.372 e. The normalized spacial score (nSPS) is 11.1. The van der Waals surface area contributed by atoms with Crippen LogP contribution >= 0.6 is 11.6 Å². The van der Waals surface area contributed by atoms with E-state index < -0.39 is 0 Å². The number of pyridine rings is 1. The Morgan fingerprint density at radius 1 is 1.29 bits per heavy atom. The van der Waals surface area contributed by atoms with Crippen LogP contribution < -0.4 is 0 Å². The maximum Gasteiger partial charge on any atom is 0.252 e. The van der Waals surface area contributed by atoms with Gasteiger partial charge in [-0.25, -0.2) is 0 Å². The number of hydrogen-bond donors (Lipinski definition) is 0. The topological polar surface area (TPSA) is 61.0 Å². The number of hydrogen-bond acceptors (Lipinski definition) is 5. The fourth-order valence-electron chi connectivity index (χ4n) is 2.06. The lowest BCUT2D eigenvalue weighted by Gasteiger charge is -2.01. The summed E-state index contributed by atoms with van der Waals surface area (Å²) in [5.41, 5.74) is 1.99. The van der Waals surface area contributed by atoms with Crippen LogP contribution in [0.3, 0.4) is 0 Å². The molecule has 0 aliphatic rings. The third-order valence-electron chi connectivity index (χ3n) is 3.01. The average molecular weight is 304 g/mol. The molecule has 0 fully saturated rings. The third-order valence-corrected chi connectivity index (χ3v) is 3.22. The number of benzene rings is 1. The van der Waals surface area contributed by atoms with Gasteiger partial charge in [0.2, 0.25) is 0 Å². The van der Waals surface area contributed by atoms with Crippen molar-refractivity contribution < 1.29 is 9.26 Å². The second-order valence-electron chi connectivity index (χ2n) is 4.60. The molecular formula is C15H14ClN3O2. The molecule has 0 aliphatic carbocycles. The zero-order valence-electron chi connectivity index (χ0n) is 11.5. The fraction of sp³-hybridized carbons (Fsp3) is 0.267. The molecule has 0 spiro atoms. The molecule has 2 heterocycles. The SMILES string of the molecule is CCOCc1nc(Cc2ccc3ncc(Cl)cc3c2)no1. The summed E-state index contributed by atoms with van der Waals surface area (Å²) < 4.78 is 10.4. The Kier molecular flexibility index (Phi) is 4.13. The van der Waals surface area contributed by atoms with Gasteiger partial charge in [-0.2, -0.15) is 4.98 Å². The summed E-state index contributed by atoms with van der Waals surface area (Å²) in [7, 11) is 0. The Bertz CT molecular complexity index is 758. The monoisotopic (exact) mass is 303 g/mol. The van der Waals surface area contributed by atoms with E-state index in [-0.39, 0.29) is 0 Å². The number of halogens is 1. The summed E-state index contributed by atoms with van der Waals surface area (Å²) in [6.45, 7) is 2.89. The molecule has 0 saturated carbocycles. The van der Waals surface area contributed by atoms with Gasteiger partial charge in [0, 0.05) is 24.6 Å². The molecular weight excluding hydrogens is 290 g/mol. The molecule has 0 atom stereocenters. The van der Waals surface area contributed by atoms with E-state index in [0.717, 1.165) is 16.5 Å². The largest absolute Gasteiger partial charge is 0.372 e. The van der Waals surface area contributed by atoms with Gasteiger partial charge in [-0.15, -0.1) is 0 Å². The van der Waals surface area contributed by atoms with E-state index in [4.69, 9.17) is 20.9 Å². The highest BCUT2D eigenvalue weighted by molar-refractivity contribution is 6.31. The first-order chi connectivity index (χ1) is 10.2. The maximum absolute atomic E-state index is 5.97. The summed E-state index contributed by atoms with van der Waals surface area (Å²) in [5, 5.41) is 5.58. The van der Waals surface area contributed by atoms with Crippen LogP contribution in [0.1, 0.15) is 24.2 Å². The summed E-state index contributed by atoms with van der Waals surface area (Å²) in [6.07, 6.45) is 2.24. The number of aromatic nitrogens is 3. The van der Waals surface area contributed by atoms with Gasteiger partial charge in [-0.05, 0) is 30.7 Å². The number of nitrogens with zero attached hydrogens (tertiary/aromatic N) is 3. The average Bonchev–Trinajstić information content (AvgIpc) is 2.92. The molecule has 0 unspecified atom stereocenters. The molecule has 5 nitrogen and oxygen atoms in total. The van der Waals surface area contributed by atoms with Gasteiger partial charge in [-0.1, -0.05) is 22.8 Å². The van der Waals surface area contributed by atoms with Crippen molar-refractivity contribution in [2.45, 2.75) is 20.0 Å². The van der Waals surface area contributed by atoms with E-state index in [1.54, 1.807) is 6.20 Å². The highest BCUT2D eigenvalue weighted by Crippen LogP contribution is 2.19. The summed E-state index contributed by atoms with van der Waals surface area (Å²) in [4.78, 5) is 8.56. The Balaban J connectivity index is 1.79. The lowest BCUT2D eigenvalue weighted by molar-refractivity contribution is 0.109. The predicted octanol–water partition coefficient (Wildman–Crippen LogP) is 3.40. The first-order valence-corrected chi connectivity index (χ1v) is 7.06.